The number of carboxylic acids is 1. The fourth-order valence-corrected chi connectivity index (χ4v) is 1.29. The molecule has 0 spiro atoms. The number of carboxylic acid groups (broad SMARTS) is 1. The smallest absolute Gasteiger partial charge is 0.308 e. The van der Waals surface area contributed by atoms with E-state index in [0.717, 1.165) is 5.56 Å². The maximum absolute atomic E-state index is 10.6. The van der Waals surface area contributed by atoms with Crippen molar-refractivity contribution in [3.63, 3.8) is 0 Å². The van der Waals surface area contributed by atoms with Gasteiger partial charge in [0, 0.05) is 23.5 Å². The molecule has 2 aromatic rings. The third kappa shape index (κ3) is 2.01. The van der Waals surface area contributed by atoms with Crippen LogP contribution in [0.4, 0.5) is 0 Å². The highest BCUT2D eigenvalue weighted by Gasteiger charge is 2.12. The lowest BCUT2D eigenvalue weighted by Gasteiger charge is -1.96. The van der Waals surface area contributed by atoms with Crippen LogP contribution >= 0.6 is 0 Å². The maximum Gasteiger partial charge on any atom is 0.308 e. The van der Waals surface area contributed by atoms with Gasteiger partial charge < -0.3 is 9.63 Å². The Morgan fingerprint density at radius 1 is 1.53 bits per heavy atom. The zero-order valence-corrected chi connectivity index (χ0v) is 7.75. The van der Waals surface area contributed by atoms with Crippen molar-refractivity contribution < 1.29 is 14.4 Å². The van der Waals surface area contributed by atoms with Crippen LogP contribution in [0.1, 0.15) is 5.56 Å². The third-order valence-electron chi connectivity index (χ3n) is 1.92. The zero-order chi connectivity index (χ0) is 10.7. The molecule has 0 bridgehead atoms. The van der Waals surface area contributed by atoms with Gasteiger partial charge in [-0.3, -0.25) is 9.78 Å². The first-order valence-corrected chi connectivity index (χ1v) is 4.33. The average Bonchev–Trinajstić information content (AvgIpc) is 2.66. The Morgan fingerprint density at radius 3 is 3.07 bits per heavy atom. The van der Waals surface area contributed by atoms with Gasteiger partial charge in [0.2, 0.25) is 0 Å². The molecule has 76 valence electrons. The molecule has 0 amide bonds. The summed E-state index contributed by atoms with van der Waals surface area (Å²) in [5.41, 5.74) is 1.84. The molecule has 0 aliphatic carbocycles. The van der Waals surface area contributed by atoms with E-state index in [-0.39, 0.29) is 6.42 Å². The minimum absolute atomic E-state index is 0.103. The monoisotopic (exact) mass is 204 g/mol. The molecule has 5 nitrogen and oxygen atoms in total. The first-order valence-electron chi connectivity index (χ1n) is 4.33. The van der Waals surface area contributed by atoms with Crippen molar-refractivity contribution in [1.29, 1.82) is 0 Å². The largest absolute Gasteiger partial charge is 0.481 e. The van der Waals surface area contributed by atoms with Crippen molar-refractivity contribution in [2.45, 2.75) is 6.42 Å². The topological polar surface area (TPSA) is 76.2 Å². The fraction of sp³-hybridized carbons (Fsp3) is 0.100. The van der Waals surface area contributed by atoms with E-state index >= 15 is 0 Å². The third-order valence-corrected chi connectivity index (χ3v) is 1.92. The summed E-state index contributed by atoms with van der Waals surface area (Å²) in [6.45, 7) is 0. The number of aromatic nitrogens is 2. The minimum atomic E-state index is -0.914. The van der Waals surface area contributed by atoms with Crippen molar-refractivity contribution in [2.24, 2.45) is 0 Å². The van der Waals surface area contributed by atoms with Gasteiger partial charge in [-0.15, -0.1) is 0 Å². The van der Waals surface area contributed by atoms with Crippen LogP contribution in [-0.4, -0.2) is 21.2 Å². The molecule has 0 fully saturated rings. The Labute approximate surface area is 85.4 Å². The number of aliphatic carboxylic acids is 1. The van der Waals surface area contributed by atoms with Crippen molar-refractivity contribution in [3.05, 3.63) is 36.4 Å². The SMILES string of the molecule is O=C(O)Cc1conc1-c1cccnc1. The predicted molar refractivity (Wildman–Crippen MR) is 51.1 cm³/mol. The maximum atomic E-state index is 10.6. The first kappa shape index (κ1) is 9.39. The predicted octanol–water partition coefficient (Wildman–Crippen LogP) is 1.36. The molecule has 0 aliphatic rings. The van der Waals surface area contributed by atoms with E-state index in [1.807, 2.05) is 0 Å². The van der Waals surface area contributed by atoms with E-state index < -0.39 is 5.97 Å². The van der Waals surface area contributed by atoms with Gasteiger partial charge in [0.1, 0.15) is 12.0 Å². The molecule has 0 atom stereocenters. The summed E-state index contributed by atoms with van der Waals surface area (Å²) < 4.78 is 4.76. The standard InChI is InChI=1S/C10H8N2O3/c13-9(14)4-8-6-15-12-10(8)7-2-1-3-11-5-7/h1-3,5-6H,4H2,(H,13,14). The minimum Gasteiger partial charge on any atom is -0.481 e. The zero-order valence-electron chi connectivity index (χ0n) is 7.75. The summed E-state index contributed by atoms with van der Waals surface area (Å²) in [4.78, 5) is 14.5. The second-order valence-electron chi connectivity index (χ2n) is 3.00. The van der Waals surface area contributed by atoms with Crippen LogP contribution in [0.2, 0.25) is 0 Å². The second-order valence-corrected chi connectivity index (χ2v) is 3.00. The number of rotatable bonds is 3. The summed E-state index contributed by atoms with van der Waals surface area (Å²) >= 11 is 0. The summed E-state index contributed by atoms with van der Waals surface area (Å²) in [5.74, 6) is -0.914. The Hall–Kier alpha value is -2.17. The molecular weight excluding hydrogens is 196 g/mol. The molecule has 0 saturated heterocycles. The van der Waals surface area contributed by atoms with E-state index in [1.54, 1.807) is 24.5 Å². The first-order chi connectivity index (χ1) is 7.27. The van der Waals surface area contributed by atoms with Gasteiger partial charge in [-0.1, -0.05) is 5.16 Å². The highest BCUT2D eigenvalue weighted by molar-refractivity contribution is 5.74. The van der Waals surface area contributed by atoms with Crippen LogP contribution in [0.25, 0.3) is 11.3 Å². The molecule has 0 unspecified atom stereocenters. The fourth-order valence-electron chi connectivity index (χ4n) is 1.29. The normalized spacial score (nSPS) is 10.1. The lowest BCUT2D eigenvalue weighted by Crippen LogP contribution is -2.00. The molecule has 2 aromatic heterocycles. The van der Waals surface area contributed by atoms with Crippen LogP contribution in [0.5, 0.6) is 0 Å². The molecular formula is C10H8N2O3. The summed E-state index contributed by atoms with van der Waals surface area (Å²) in [6.07, 6.45) is 4.49. The number of hydrogen-bond acceptors (Lipinski definition) is 4. The molecule has 0 aliphatic heterocycles. The van der Waals surface area contributed by atoms with Gasteiger partial charge in [0.15, 0.2) is 0 Å². The van der Waals surface area contributed by atoms with Gasteiger partial charge in [0.25, 0.3) is 0 Å². The number of pyridine rings is 1. The van der Waals surface area contributed by atoms with Crippen LogP contribution in [0, 0.1) is 0 Å². The Morgan fingerprint density at radius 2 is 2.40 bits per heavy atom. The van der Waals surface area contributed by atoms with E-state index in [1.165, 1.54) is 6.26 Å². The number of hydrogen-bond donors (Lipinski definition) is 1. The quantitative estimate of drug-likeness (QED) is 0.816. The van der Waals surface area contributed by atoms with Crippen molar-refractivity contribution >= 4 is 5.97 Å². The lowest BCUT2D eigenvalue weighted by molar-refractivity contribution is -0.136. The summed E-state index contributed by atoms with van der Waals surface area (Å²) in [7, 11) is 0. The number of carbonyl (C=O) groups is 1. The molecule has 1 N–H and O–H groups in total. The molecule has 0 aromatic carbocycles. The van der Waals surface area contributed by atoms with Gasteiger partial charge in [0.05, 0.1) is 6.42 Å². The van der Waals surface area contributed by atoms with E-state index in [4.69, 9.17) is 9.63 Å². The van der Waals surface area contributed by atoms with E-state index in [2.05, 4.69) is 10.1 Å². The summed E-state index contributed by atoms with van der Waals surface area (Å²) in [5, 5.41) is 12.4. The Kier molecular flexibility index (Phi) is 2.45. The van der Waals surface area contributed by atoms with Gasteiger partial charge in [-0.05, 0) is 12.1 Å². The average molecular weight is 204 g/mol. The lowest BCUT2D eigenvalue weighted by atomic mass is 10.1. The van der Waals surface area contributed by atoms with Crippen LogP contribution in [0.15, 0.2) is 35.3 Å². The summed E-state index contributed by atoms with van der Waals surface area (Å²) in [6, 6.07) is 3.56. The van der Waals surface area contributed by atoms with Crippen molar-refractivity contribution in [2.75, 3.05) is 0 Å². The van der Waals surface area contributed by atoms with Crippen molar-refractivity contribution in [1.82, 2.24) is 10.1 Å². The number of nitrogens with zero attached hydrogens (tertiary/aromatic N) is 2. The molecule has 15 heavy (non-hydrogen) atoms. The Balaban J connectivity index is 2.37. The molecule has 5 heteroatoms. The van der Waals surface area contributed by atoms with E-state index in [9.17, 15) is 4.79 Å². The molecule has 2 heterocycles. The molecule has 0 saturated carbocycles. The van der Waals surface area contributed by atoms with Gasteiger partial charge >= 0.3 is 5.97 Å². The van der Waals surface area contributed by atoms with E-state index in [0.29, 0.717) is 11.3 Å². The van der Waals surface area contributed by atoms with Crippen LogP contribution in [-0.2, 0) is 11.2 Å². The molecule has 0 radical (unpaired) electrons. The van der Waals surface area contributed by atoms with Gasteiger partial charge in [-0.25, -0.2) is 0 Å². The molecule has 2 rings (SSSR count). The highest BCUT2D eigenvalue weighted by atomic mass is 16.5. The Bertz CT molecular complexity index is 465. The van der Waals surface area contributed by atoms with Crippen LogP contribution in [0.3, 0.4) is 0 Å². The van der Waals surface area contributed by atoms with Crippen molar-refractivity contribution in [3.8, 4) is 11.3 Å². The van der Waals surface area contributed by atoms with Crippen LogP contribution < -0.4 is 0 Å². The second kappa shape index (κ2) is 3.91. The van der Waals surface area contributed by atoms with Gasteiger partial charge in [-0.2, -0.15) is 0 Å². The highest BCUT2D eigenvalue weighted by Crippen LogP contribution is 2.21.